The molecule has 0 aromatic carbocycles. The Morgan fingerprint density at radius 1 is 1.47 bits per heavy atom. The van der Waals surface area contributed by atoms with E-state index in [1.807, 2.05) is 4.90 Å². The average Bonchev–Trinajstić information content (AvgIpc) is 2.67. The molecule has 1 aromatic rings. The normalized spacial score (nSPS) is 22.5. The van der Waals surface area contributed by atoms with E-state index in [9.17, 15) is 4.79 Å². The molecule has 0 radical (unpaired) electrons. The van der Waals surface area contributed by atoms with Crippen molar-refractivity contribution in [1.82, 2.24) is 4.90 Å². The fourth-order valence-electron chi connectivity index (χ4n) is 2.02. The summed E-state index contributed by atoms with van der Waals surface area (Å²) in [5, 5.41) is 0. The highest BCUT2D eigenvalue weighted by atomic mass is 16.3. The molecule has 15 heavy (non-hydrogen) atoms. The summed E-state index contributed by atoms with van der Waals surface area (Å²) in [7, 11) is 0. The summed E-state index contributed by atoms with van der Waals surface area (Å²) >= 11 is 0. The summed E-state index contributed by atoms with van der Waals surface area (Å²) in [4.78, 5) is 13.9. The van der Waals surface area contributed by atoms with Crippen LogP contribution in [0.15, 0.2) is 22.8 Å². The molecular formula is C12H17NO2. The van der Waals surface area contributed by atoms with Crippen LogP contribution in [-0.4, -0.2) is 23.9 Å². The molecule has 1 aromatic heterocycles. The van der Waals surface area contributed by atoms with Crippen LogP contribution in [0.1, 0.15) is 36.7 Å². The molecule has 82 valence electrons. The molecule has 2 rings (SSSR count). The molecular weight excluding hydrogens is 190 g/mol. The van der Waals surface area contributed by atoms with Crippen molar-refractivity contribution in [2.24, 2.45) is 5.92 Å². The number of nitrogens with zero attached hydrogens (tertiary/aromatic N) is 1. The maximum absolute atomic E-state index is 12.0. The monoisotopic (exact) mass is 207 g/mol. The lowest BCUT2D eigenvalue weighted by atomic mass is 10.0. The standard InChI is InChI=1S/C12H17NO2/c1-10-4-2-7-13(8-6-10)12(14)11-5-3-9-15-11/h3,5,9-10H,2,4,6-8H2,1H3. The van der Waals surface area contributed by atoms with Crippen molar-refractivity contribution in [3.63, 3.8) is 0 Å². The molecule has 1 fully saturated rings. The van der Waals surface area contributed by atoms with Crippen LogP contribution in [0.4, 0.5) is 0 Å². The van der Waals surface area contributed by atoms with Crippen molar-refractivity contribution in [3.05, 3.63) is 24.2 Å². The van der Waals surface area contributed by atoms with E-state index in [1.165, 1.54) is 6.42 Å². The van der Waals surface area contributed by atoms with Crippen LogP contribution in [-0.2, 0) is 0 Å². The molecule has 1 atom stereocenters. The average molecular weight is 207 g/mol. The van der Waals surface area contributed by atoms with Gasteiger partial charge in [-0.05, 0) is 37.3 Å². The summed E-state index contributed by atoms with van der Waals surface area (Å²) in [6, 6.07) is 3.49. The van der Waals surface area contributed by atoms with Gasteiger partial charge >= 0.3 is 0 Å². The molecule has 3 nitrogen and oxygen atoms in total. The second-order valence-corrected chi connectivity index (χ2v) is 4.31. The number of carbonyl (C=O) groups is 1. The van der Waals surface area contributed by atoms with Gasteiger partial charge < -0.3 is 9.32 Å². The summed E-state index contributed by atoms with van der Waals surface area (Å²) in [6.07, 6.45) is 4.98. The Hall–Kier alpha value is -1.25. The van der Waals surface area contributed by atoms with E-state index in [0.717, 1.165) is 31.8 Å². The number of hydrogen-bond acceptors (Lipinski definition) is 2. The minimum absolute atomic E-state index is 0.0362. The minimum Gasteiger partial charge on any atom is -0.459 e. The van der Waals surface area contributed by atoms with Gasteiger partial charge in [-0.15, -0.1) is 0 Å². The van der Waals surface area contributed by atoms with Crippen molar-refractivity contribution >= 4 is 5.91 Å². The van der Waals surface area contributed by atoms with Gasteiger partial charge in [0.1, 0.15) is 0 Å². The number of furan rings is 1. The second kappa shape index (κ2) is 4.51. The molecule has 0 aliphatic carbocycles. The van der Waals surface area contributed by atoms with Crippen LogP contribution >= 0.6 is 0 Å². The molecule has 1 amide bonds. The van der Waals surface area contributed by atoms with Gasteiger partial charge in [0.25, 0.3) is 5.91 Å². The number of likely N-dealkylation sites (tertiary alicyclic amines) is 1. The zero-order chi connectivity index (χ0) is 10.7. The third-order valence-electron chi connectivity index (χ3n) is 3.04. The Balaban J connectivity index is 2.01. The van der Waals surface area contributed by atoms with Gasteiger partial charge in [0.15, 0.2) is 5.76 Å². The van der Waals surface area contributed by atoms with Crippen molar-refractivity contribution in [2.75, 3.05) is 13.1 Å². The van der Waals surface area contributed by atoms with Gasteiger partial charge in [-0.25, -0.2) is 0 Å². The molecule has 1 saturated heterocycles. The van der Waals surface area contributed by atoms with E-state index in [0.29, 0.717) is 5.76 Å². The Bertz CT molecular complexity index is 318. The van der Waals surface area contributed by atoms with Crippen LogP contribution in [0.3, 0.4) is 0 Å². The number of hydrogen-bond donors (Lipinski definition) is 0. The van der Waals surface area contributed by atoms with E-state index in [-0.39, 0.29) is 5.91 Å². The van der Waals surface area contributed by atoms with Crippen LogP contribution in [0.2, 0.25) is 0 Å². The highest BCUT2D eigenvalue weighted by Crippen LogP contribution is 2.18. The molecule has 1 aliphatic rings. The summed E-state index contributed by atoms with van der Waals surface area (Å²) in [6.45, 7) is 3.98. The number of carbonyl (C=O) groups excluding carboxylic acids is 1. The van der Waals surface area contributed by atoms with Crippen LogP contribution in [0.5, 0.6) is 0 Å². The number of amides is 1. The van der Waals surface area contributed by atoms with E-state index in [2.05, 4.69) is 6.92 Å². The Morgan fingerprint density at radius 3 is 3.07 bits per heavy atom. The summed E-state index contributed by atoms with van der Waals surface area (Å²) in [5.41, 5.74) is 0. The molecule has 3 heteroatoms. The zero-order valence-electron chi connectivity index (χ0n) is 9.11. The third-order valence-corrected chi connectivity index (χ3v) is 3.04. The smallest absolute Gasteiger partial charge is 0.289 e. The number of rotatable bonds is 1. The molecule has 0 saturated carbocycles. The van der Waals surface area contributed by atoms with Gasteiger partial charge in [-0.2, -0.15) is 0 Å². The lowest BCUT2D eigenvalue weighted by molar-refractivity contribution is 0.0728. The van der Waals surface area contributed by atoms with Crippen molar-refractivity contribution in [1.29, 1.82) is 0 Å². The first-order valence-corrected chi connectivity index (χ1v) is 5.60. The van der Waals surface area contributed by atoms with Crippen molar-refractivity contribution in [2.45, 2.75) is 26.2 Å². The lowest BCUT2D eigenvalue weighted by Gasteiger charge is -2.18. The fourth-order valence-corrected chi connectivity index (χ4v) is 2.02. The van der Waals surface area contributed by atoms with Crippen LogP contribution in [0.25, 0.3) is 0 Å². The zero-order valence-corrected chi connectivity index (χ0v) is 9.11. The van der Waals surface area contributed by atoms with E-state index in [1.54, 1.807) is 18.4 Å². The SMILES string of the molecule is CC1CCCN(C(=O)c2ccco2)CC1. The lowest BCUT2D eigenvalue weighted by Crippen LogP contribution is -2.31. The Kier molecular flexibility index (Phi) is 3.09. The van der Waals surface area contributed by atoms with Gasteiger partial charge in [-0.1, -0.05) is 6.92 Å². The van der Waals surface area contributed by atoms with Crippen LogP contribution in [0, 0.1) is 5.92 Å². The Labute approximate surface area is 90.1 Å². The molecule has 2 heterocycles. The van der Waals surface area contributed by atoms with Crippen LogP contribution < -0.4 is 0 Å². The molecule has 1 unspecified atom stereocenters. The van der Waals surface area contributed by atoms with E-state index in [4.69, 9.17) is 4.42 Å². The van der Waals surface area contributed by atoms with Crippen molar-refractivity contribution in [3.8, 4) is 0 Å². The van der Waals surface area contributed by atoms with Gasteiger partial charge in [0.05, 0.1) is 6.26 Å². The molecule has 1 aliphatic heterocycles. The minimum atomic E-state index is 0.0362. The largest absolute Gasteiger partial charge is 0.459 e. The second-order valence-electron chi connectivity index (χ2n) is 4.31. The summed E-state index contributed by atoms with van der Waals surface area (Å²) < 4.78 is 5.12. The van der Waals surface area contributed by atoms with Gasteiger partial charge in [0, 0.05) is 13.1 Å². The molecule has 0 bridgehead atoms. The maximum atomic E-state index is 12.0. The van der Waals surface area contributed by atoms with E-state index >= 15 is 0 Å². The maximum Gasteiger partial charge on any atom is 0.289 e. The first kappa shape index (κ1) is 10.3. The predicted molar refractivity (Wildman–Crippen MR) is 57.6 cm³/mol. The highest BCUT2D eigenvalue weighted by Gasteiger charge is 2.21. The van der Waals surface area contributed by atoms with Crippen molar-refractivity contribution < 1.29 is 9.21 Å². The Morgan fingerprint density at radius 2 is 2.33 bits per heavy atom. The van der Waals surface area contributed by atoms with Gasteiger partial charge in [0.2, 0.25) is 0 Å². The first-order chi connectivity index (χ1) is 7.27. The van der Waals surface area contributed by atoms with Gasteiger partial charge in [-0.3, -0.25) is 4.79 Å². The fraction of sp³-hybridized carbons (Fsp3) is 0.583. The molecule has 0 spiro atoms. The molecule has 0 N–H and O–H groups in total. The summed E-state index contributed by atoms with van der Waals surface area (Å²) in [5.74, 6) is 1.23. The quantitative estimate of drug-likeness (QED) is 0.709. The third kappa shape index (κ3) is 2.41. The topological polar surface area (TPSA) is 33.5 Å². The first-order valence-electron chi connectivity index (χ1n) is 5.60. The predicted octanol–water partition coefficient (Wildman–Crippen LogP) is 2.54. The van der Waals surface area contributed by atoms with E-state index < -0.39 is 0 Å². The highest BCUT2D eigenvalue weighted by molar-refractivity contribution is 5.91.